The normalized spacial score (nSPS) is 18.6. The summed E-state index contributed by atoms with van der Waals surface area (Å²) in [4.78, 5) is 34.0. The first-order valence-corrected chi connectivity index (χ1v) is 14.8. The highest BCUT2D eigenvalue weighted by Gasteiger charge is 2.58. The lowest BCUT2D eigenvalue weighted by Crippen LogP contribution is -2.51. The van der Waals surface area contributed by atoms with Crippen molar-refractivity contribution in [2.75, 3.05) is 13.2 Å². The highest BCUT2D eigenvalue weighted by atomic mass is 35.5. The van der Waals surface area contributed by atoms with Crippen LogP contribution in [-0.2, 0) is 15.8 Å². The Morgan fingerprint density at radius 3 is 2.48 bits per heavy atom. The summed E-state index contributed by atoms with van der Waals surface area (Å²) >= 11 is 6.22. The van der Waals surface area contributed by atoms with E-state index in [1.807, 2.05) is 0 Å². The van der Waals surface area contributed by atoms with E-state index in [1.165, 1.54) is 25.1 Å². The first-order chi connectivity index (χ1) is 22.4. The summed E-state index contributed by atoms with van der Waals surface area (Å²) in [5, 5.41) is 14.0. The van der Waals surface area contributed by atoms with Gasteiger partial charge in [-0.3, -0.25) is 9.59 Å². The second kappa shape index (κ2) is 11.5. The van der Waals surface area contributed by atoms with E-state index in [-0.39, 0.29) is 28.0 Å². The van der Waals surface area contributed by atoms with Crippen LogP contribution >= 0.6 is 11.6 Å². The van der Waals surface area contributed by atoms with Gasteiger partial charge in [0.05, 0.1) is 29.1 Å². The number of nitrogens with two attached hydrogens (primary N) is 1. The number of aryl methyl sites for hydroxylation is 1. The number of benzene rings is 2. The summed E-state index contributed by atoms with van der Waals surface area (Å²) in [6.07, 6.45) is -4.17. The number of hydrogen-bond acceptors (Lipinski definition) is 7. The van der Waals surface area contributed by atoms with E-state index in [0.29, 0.717) is 34.8 Å². The number of nitrogens with one attached hydrogen (secondary N) is 1. The fourth-order valence-electron chi connectivity index (χ4n) is 5.24. The van der Waals surface area contributed by atoms with Crippen LogP contribution in [0.4, 0.5) is 26.3 Å². The second-order valence-corrected chi connectivity index (χ2v) is 12.3. The summed E-state index contributed by atoms with van der Waals surface area (Å²) in [5.74, 6) is -7.69. The maximum atomic E-state index is 15.0. The van der Waals surface area contributed by atoms with Gasteiger partial charge >= 0.3 is 6.18 Å². The third kappa shape index (κ3) is 5.53. The van der Waals surface area contributed by atoms with Crippen molar-refractivity contribution in [1.82, 2.24) is 15.3 Å². The molecule has 9 nitrogen and oxygen atoms in total. The number of ether oxygens (including phenoxy) is 2. The summed E-state index contributed by atoms with van der Waals surface area (Å²) in [5.41, 5.74) is -2.66. The first kappa shape index (κ1) is 33.3. The Kier molecular flexibility index (Phi) is 7.98. The molecule has 2 aromatic heterocycles. The first-order valence-electron chi connectivity index (χ1n) is 14.4. The summed E-state index contributed by atoms with van der Waals surface area (Å²) in [7, 11) is 0. The van der Waals surface area contributed by atoms with Crippen LogP contribution in [0.3, 0.4) is 0 Å². The van der Waals surface area contributed by atoms with E-state index in [0.717, 1.165) is 12.8 Å². The number of pyridine rings is 2. The molecule has 16 heteroatoms. The van der Waals surface area contributed by atoms with Gasteiger partial charge in [-0.05, 0) is 63.1 Å². The summed E-state index contributed by atoms with van der Waals surface area (Å²) < 4.78 is 98.7. The molecule has 1 aliphatic heterocycles. The fourth-order valence-corrected chi connectivity index (χ4v) is 5.40. The van der Waals surface area contributed by atoms with Crippen molar-refractivity contribution < 1.29 is 50.5 Å². The SMILES string of the molecule is Cc1nc2c(OC3CC3)cc(C(=O)NC[C@](O)(c3cc4c(c(-c5ccc(F)c(F)c5F)n3)OC[C@]4(C)C(N)=O)C(F)(F)F)cc2cc1Cl. The number of nitrogens with zero attached hydrogens (tertiary/aromatic N) is 2. The van der Waals surface area contributed by atoms with Crippen molar-refractivity contribution in [1.29, 1.82) is 0 Å². The number of amides is 2. The van der Waals surface area contributed by atoms with Gasteiger partial charge in [-0.2, -0.15) is 13.2 Å². The Hall–Kier alpha value is -4.63. The quantitative estimate of drug-likeness (QED) is 0.163. The molecule has 3 heterocycles. The van der Waals surface area contributed by atoms with Gasteiger partial charge in [0.25, 0.3) is 5.91 Å². The van der Waals surface area contributed by atoms with E-state index in [1.54, 1.807) is 6.92 Å². The van der Waals surface area contributed by atoms with Gasteiger partial charge in [-0.15, -0.1) is 0 Å². The average Bonchev–Trinajstić information content (AvgIpc) is 3.78. The number of aliphatic hydroxyl groups is 1. The lowest BCUT2D eigenvalue weighted by atomic mass is 9.81. The monoisotopic (exact) mass is 694 g/mol. The van der Waals surface area contributed by atoms with Crippen LogP contribution in [0.5, 0.6) is 11.5 Å². The van der Waals surface area contributed by atoms with E-state index >= 15 is 0 Å². The topological polar surface area (TPSA) is 137 Å². The van der Waals surface area contributed by atoms with Crippen LogP contribution in [0.15, 0.2) is 36.4 Å². The van der Waals surface area contributed by atoms with Crippen molar-refractivity contribution >= 4 is 34.3 Å². The van der Waals surface area contributed by atoms with Gasteiger partial charge in [0.15, 0.2) is 17.5 Å². The number of carbonyl (C=O) groups excluding carboxylic acids is 2. The van der Waals surface area contributed by atoms with Gasteiger partial charge < -0.3 is 25.6 Å². The molecule has 252 valence electrons. The third-order valence-corrected chi connectivity index (χ3v) is 8.78. The molecule has 2 atom stereocenters. The minimum absolute atomic E-state index is 0.130. The van der Waals surface area contributed by atoms with Crippen LogP contribution in [0.2, 0.25) is 5.02 Å². The molecule has 0 bridgehead atoms. The molecule has 48 heavy (non-hydrogen) atoms. The summed E-state index contributed by atoms with van der Waals surface area (Å²) in [6, 6.07) is 6.08. The van der Waals surface area contributed by atoms with E-state index in [9.17, 15) is 41.0 Å². The molecule has 1 aliphatic carbocycles. The molecule has 6 rings (SSSR count). The Bertz CT molecular complexity index is 2020. The number of fused-ring (bicyclic) bond motifs is 2. The Morgan fingerprint density at radius 1 is 1.12 bits per heavy atom. The highest BCUT2D eigenvalue weighted by molar-refractivity contribution is 6.31. The third-order valence-electron chi connectivity index (χ3n) is 8.40. The Balaban J connectivity index is 1.44. The van der Waals surface area contributed by atoms with Crippen molar-refractivity contribution in [2.45, 2.75) is 50.0 Å². The number of primary amides is 1. The van der Waals surface area contributed by atoms with Crippen molar-refractivity contribution in [3.8, 4) is 22.8 Å². The summed E-state index contributed by atoms with van der Waals surface area (Å²) in [6.45, 7) is 0.847. The van der Waals surface area contributed by atoms with Crippen molar-refractivity contribution in [2.24, 2.45) is 5.73 Å². The zero-order chi connectivity index (χ0) is 34.9. The lowest BCUT2D eigenvalue weighted by Gasteiger charge is -2.31. The second-order valence-electron chi connectivity index (χ2n) is 11.9. The van der Waals surface area contributed by atoms with Gasteiger partial charge in [0.1, 0.15) is 34.7 Å². The number of alkyl halides is 3. The molecule has 1 fully saturated rings. The van der Waals surface area contributed by atoms with Gasteiger partial charge in [-0.25, -0.2) is 23.1 Å². The van der Waals surface area contributed by atoms with E-state index in [4.69, 9.17) is 26.8 Å². The molecule has 0 spiro atoms. The smallest absolute Gasteiger partial charge is 0.424 e. The van der Waals surface area contributed by atoms with Crippen molar-refractivity contribution in [3.63, 3.8) is 0 Å². The molecule has 4 aromatic rings. The van der Waals surface area contributed by atoms with Crippen LogP contribution < -0.4 is 20.5 Å². The number of aromatic nitrogens is 2. The number of hydrogen-bond donors (Lipinski definition) is 3. The molecule has 1 saturated carbocycles. The largest absolute Gasteiger partial charge is 0.489 e. The Labute approximate surface area is 273 Å². The molecule has 2 aromatic carbocycles. The number of halogens is 7. The van der Waals surface area contributed by atoms with Crippen LogP contribution in [0, 0.1) is 24.4 Å². The molecule has 2 aliphatic rings. The minimum atomic E-state index is -5.55. The van der Waals surface area contributed by atoms with Gasteiger partial charge in [-0.1, -0.05) is 11.6 Å². The standard InChI is InChI=1S/C32H25ClF6N4O5/c1-13-19(33)8-14-7-15(9-21(25(14)42-13)48-16-3-4-16)28(44)41-11-31(46,32(37,38)39)22-10-18-27(47-12-30(18,2)29(40)45)26(43-22)17-5-6-20(34)24(36)23(17)35/h5-10,16,46H,3-4,11-12H2,1-2H3,(H2,40,45)(H,41,44)/t30-,31-/m0/s1. The van der Waals surface area contributed by atoms with Crippen LogP contribution in [-0.4, -0.2) is 52.3 Å². The van der Waals surface area contributed by atoms with Gasteiger partial charge in [0, 0.05) is 22.1 Å². The fraction of sp³-hybridized carbons (Fsp3) is 0.312. The predicted octanol–water partition coefficient (Wildman–Crippen LogP) is 5.53. The molecular weight excluding hydrogens is 670 g/mol. The van der Waals surface area contributed by atoms with Crippen molar-refractivity contribution in [3.05, 3.63) is 81.4 Å². The zero-order valence-corrected chi connectivity index (χ0v) is 25.8. The zero-order valence-electron chi connectivity index (χ0n) is 25.1. The molecule has 2 amide bonds. The molecular formula is C32H25ClF6N4O5. The number of carbonyl (C=O) groups is 2. The molecule has 0 saturated heterocycles. The maximum absolute atomic E-state index is 15.0. The van der Waals surface area contributed by atoms with Gasteiger partial charge in [0.2, 0.25) is 11.5 Å². The van der Waals surface area contributed by atoms with Crippen LogP contribution in [0.1, 0.15) is 47.1 Å². The van der Waals surface area contributed by atoms with Crippen LogP contribution in [0.25, 0.3) is 22.2 Å². The molecule has 0 unspecified atom stereocenters. The Morgan fingerprint density at radius 2 is 1.83 bits per heavy atom. The molecule has 4 N–H and O–H groups in total. The maximum Gasteiger partial charge on any atom is 0.424 e. The lowest BCUT2D eigenvalue weighted by molar-refractivity contribution is -0.265. The minimum Gasteiger partial charge on any atom is -0.489 e. The number of rotatable bonds is 8. The van der Waals surface area contributed by atoms with E-state index in [2.05, 4.69) is 15.3 Å². The predicted molar refractivity (Wildman–Crippen MR) is 159 cm³/mol. The highest BCUT2D eigenvalue weighted by Crippen LogP contribution is 2.48. The molecule has 0 radical (unpaired) electrons. The average molecular weight is 695 g/mol. The van der Waals surface area contributed by atoms with E-state index < -0.39 is 82.3 Å².